The first kappa shape index (κ1) is 16.1. The molecule has 0 spiro atoms. The number of nitrogens with two attached hydrogens (primary N) is 1. The number of hydrogen-bond acceptors (Lipinski definition) is 3. The number of aromatic nitrogens is 2. The van der Waals surface area contributed by atoms with Gasteiger partial charge in [0.1, 0.15) is 0 Å². The van der Waals surface area contributed by atoms with Crippen molar-refractivity contribution in [3.05, 3.63) is 102 Å². The van der Waals surface area contributed by atoms with Gasteiger partial charge in [0.25, 0.3) is 0 Å². The van der Waals surface area contributed by atoms with Crippen LogP contribution in [0.5, 0.6) is 0 Å². The number of benzene rings is 3. The molecule has 0 aliphatic carbocycles. The molecule has 0 amide bonds. The van der Waals surface area contributed by atoms with E-state index in [1.165, 1.54) is 5.56 Å². The molecule has 0 aliphatic rings. The van der Waals surface area contributed by atoms with E-state index in [1.807, 2.05) is 59.2 Å². The molecule has 4 nitrogen and oxygen atoms in total. The maximum atomic E-state index is 6.30. The van der Waals surface area contributed by atoms with Crippen molar-refractivity contribution < 1.29 is 0 Å². The lowest BCUT2D eigenvalue weighted by molar-refractivity contribution is 0.807. The number of nitrogen functional groups attached to an aromatic ring is 1. The molecule has 0 aliphatic heterocycles. The summed E-state index contributed by atoms with van der Waals surface area (Å²) < 4.78 is 2.03. The lowest BCUT2D eigenvalue weighted by Gasteiger charge is -2.14. The van der Waals surface area contributed by atoms with Gasteiger partial charge in [-0.25, -0.2) is 0 Å². The zero-order valence-electron chi connectivity index (χ0n) is 14.4. The molecule has 4 aromatic rings. The largest absolute Gasteiger partial charge is 0.369 e. The van der Waals surface area contributed by atoms with E-state index in [0.29, 0.717) is 24.5 Å². The SMILES string of the molecule is Nc1nc(=NCc2ccccc2)c2ccccc2n1Cc1ccccc1. The summed E-state index contributed by atoms with van der Waals surface area (Å²) in [6.07, 6.45) is 0. The van der Waals surface area contributed by atoms with E-state index in [2.05, 4.69) is 35.3 Å². The minimum Gasteiger partial charge on any atom is -0.369 e. The molecule has 1 aromatic heterocycles. The Balaban J connectivity index is 1.80. The molecule has 1 heterocycles. The molecule has 3 aromatic carbocycles. The average molecular weight is 340 g/mol. The first-order valence-electron chi connectivity index (χ1n) is 8.64. The van der Waals surface area contributed by atoms with E-state index in [4.69, 9.17) is 10.7 Å². The van der Waals surface area contributed by atoms with Crippen LogP contribution in [-0.2, 0) is 13.1 Å². The quantitative estimate of drug-likeness (QED) is 0.615. The number of hydrogen-bond donors (Lipinski definition) is 1. The molecular weight excluding hydrogens is 320 g/mol. The van der Waals surface area contributed by atoms with Crippen molar-refractivity contribution in [1.29, 1.82) is 0 Å². The molecule has 26 heavy (non-hydrogen) atoms. The molecule has 0 fully saturated rings. The van der Waals surface area contributed by atoms with Gasteiger partial charge in [-0.05, 0) is 23.3 Å². The van der Waals surface area contributed by atoms with Gasteiger partial charge >= 0.3 is 0 Å². The van der Waals surface area contributed by atoms with Gasteiger partial charge in [-0.1, -0.05) is 72.8 Å². The van der Waals surface area contributed by atoms with Gasteiger partial charge in [0.05, 0.1) is 18.6 Å². The molecule has 0 unspecified atom stereocenters. The average Bonchev–Trinajstić information content (AvgIpc) is 2.70. The molecular formula is C22H20N4. The first-order chi connectivity index (χ1) is 12.8. The highest BCUT2D eigenvalue weighted by Crippen LogP contribution is 2.15. The maximum absolute atomic E-state index is 6.30. The zero-order valence-corrected chi connectivity index (χ0v) is 14.4. The highest BCUT2D eigenvalue weighted by Gasteiger charge is 2.07. The smallest absolute Gasteiger partial charge is 0.202 e. The van der Waals surface area contributed by atoms with Crippen molar-refractivity contribution in [2.24, 2.45) is 4.99 Å². The maximum Gasteiger partial charge on any atom is 0.202 e. The Morgan fingerprint density at radius 2 is 1.38 bits per heavy atom. The predicted octanol–water partition coefficient (Wildman–Crippen LogP) is 3.77. The molecule has 0 saturated heterocycles. The van der Waals surface area contributed by atoms with Crippen LogP contribution < -0.4 is 11.2 Å². The monoisotopic (exact) mass is 340 g/mol. The van der Waals surface area contributed by atoms with Crippen LogP contribution in [0.4, 0.5) is 5.95 Å². The first-order valence-corrected chi connectivity index (χ1v) is 8.64. The highest BCUT2D eigenvalue weighted by atomic mass is 15.1. The van der Waals surface area contributed by atoms with E-state index in [9.17, 15) is 0 Å². The van der Waals surface area contributed by atoms with Gasteiger partial charge in [-0.2, -0.15) is 4.98 Å². The van der Waals surface area contributed by atoms with Crippen LogP contribution in [-0.4, -0.2) is 9.55 Å². The summed E-state index contributed by atoms with van der Waals surface area (Å²) in [7, 11) is 0. The minimum atomic E-state index is 0.472. The Bertz CT molecular complexity index is 1080. The summed E-state index contributed by atoms with van der Waals surface area (Å²) in [6.45, 7) is 1.26. The number of nitrogens with zero attached hydrogens (tertiary/aromatic N) is 3. The van der Waals surface area contributed by atoms with E-state index < -0.39 is 0 Å². The second-order valence-electron chi connectivity index (χ2n) is 6.18. The number of fused-ring (bicyclic) bond motifs is 1. The second-order valence-corrected chi connectivity index (χ2v) is 6.18. The minimum absolute atomic E-state index is 0.472. The topological polar surface area (TPSA) is 56.2 Å². The molecule has 4 heteroatoms. The standard InChI is InChI=1S/C22H20N4/c23-22-25-21(24-15-17-9-3-1-4-10-17)19-13-7-8-14-20(19)26(22)16-18-11-5-2-6-12-18/h1-14H,15-16H2,(H2,23,24,25). The number of anilines is 1. The molecule has 128 valence electrons. The van der Waals surface area contributed by atoms with Gasteiger partial charge in [0, 0.05) is 5.39 Å². The molecule has 0 saturated carbocycles. The van der Waals surface area contributed by atoms with Crippen molar-refractivity contribution >= 4 is 16.9 Å². The van der Waals surface area contributed by atoms with Gasteiger partial charge in [-0.15, -0.1) is 0 Å². The Labute approximate surface area is 152 Å². The summed E-state index contributed by atoms with van der Waals surface area (Å²) in [5, 5.41) is 1.01. The normalized spacial score (nSPS) is 11.8. The molecule has 4 rings (SSSR count). The Hall–Kier alpha value is -3.40. The van der Waals surface area contributed by atoms with Crippen LogP contribution in [0.2, 0.25) is 0 Å². The van der Waals surface area contributed by atoms with Gasteiger partial charge in [-0.3, -0.25) is 4.99 Å². The Morgan fingerprint density at radius 3 is 2.12 bits per heavy atom. The van der Waals surface area contributed by atoms with Gasteiger partial charge in [0.2, 0.25) is 5.95 Å². The predicted molar refractivity (Wildman–Crippen MR) is 105 cm³/mol. The fraction of sp³-hybridized carbons (Fsp3) is 0.0909. The molecule has 0 atom stereocenters. The van der Waals surface area contributed by atoms with Crippen LogP contribution >= 0.6 is 0 Å². The fourth-order valence-corrected chi connectivity index (χ4v) is 3.05. The van der Waals surface area contributed by atoms with Crippen molar-refractivity contribution in [3.63, 3.8) is 0 Å². The summed E-state index contributed by atoms with van der Waals surface area (Å²) in [5.74, 6) is 0.472. The lowest BCUT2D eigenvalue weighted by Crippen LogP contribution is -2.20. The molecule has 2 N–H and O–H groups in total. The van der Waals surface area contributed by atoms with Crippen LogP contribution in [0, 0.1) is 0 Å². The van der Waals surface area contributed by atoms with Crippen molar-refractivity contribution in [2.75, 3.05) is 5.73 Å². The third-order valence-electron chi connectivity index (χ3n) is 4.37. The third kappa shape index (κ3) is 3.35. The van der Waals surface area contributed by atoms with Crippen molar-refractivity contribution in [3.8, 4) is 0 Å². The van der Waals surface area contributed by atoms with Gasteiger partial charge in [0.15, 0.2) is 5.49 Å². The fourth-order valence-electron chi connectivity index (χ4n) is 3.05. The van der Waals surface area contributed by atoms with E-state index in [-0.39, 0.29) is 0 Å². The Kier molecular flexibility index (Phi) is 4.48. The zero-order chi connectivity index (χ0) is 17.8. The van der Waals surface area contributed by atoms with E-state index in [1.54, 1.807) is 0 Å². The second kappa shape index (κ2) is 7.23. The summed E-state index contributed by atoms with van der Waals surface area (Å²) >= 11 is 0. The summed E-state index contributed by atoms with van der Waals surface area (Å²) in [4.78, 5) is 9.30. The lowest BCUT2D eigenvalue weighted by atomic mass is 10.2. The van der Waals surface area contributed by atoms with Crippen LogP contribution in [0.25, 0.3) is 10.9 Å². The summed E-state index contributed by atoms with van der Waals surface area (Å²) in [6, 6.07) is 28.6. The van der Waals surface area contributed by atoms with Gasteiger partial charge < -0.3 is 10.3 Å². The molecule has 0 bridgehead atoms. The van der Waals surface area contributed by atoms with Crippen LogP contribution in [0.1, 0.15) is 11.1 Å². The summed E-state index contributed by atoms with van der Waals surface area (Å²) in [5.41, 5.74) is 10.4. The van der Waals surface area contributed by atoms with Crippen molar-refractivity contribution in [1.82, 2.24) is 9.55 Å². The number of rotatable bonds is 4. The van der Waals surface area contributed by atoms with Crippen LogP contribution in [0.15, 0.2) is 89.9 Å². The van der Waals surface area contributed by atoms with E-state index in [0.717, 1.165) is 16.5 Å². The molecule has 0 radical (unpaired) electrons. The third-order valence-corrected chi connectivity index (χ3v) is 4.37. The highest BCUT2D eigenvalue weighted by molar-refractivity contribution is 5.79. The van der Waals surface area contributed by atoms with Crippen LogP contribution in [0.3, 0.4) is 0 Å². The van der Waals surface area contributed by atoms with E-state index >= 15 is 0 Å². The number of para-hydroxylation sites is 1. The van der Waals surface area contributed by atoms with Crippen molar-refractivity contribution in [2.45, 2.75) is 13.1 Å². The Morgan fingerprint density at radius 1 is 0.769 bits per heavy atom.